The molecule has 1 amide bonds. The molecule has 0 unspecified atom stereocenters. The molecule has 0 saturated heterocycles. The van der Waals surface area contributed by atoms with Crippen LogP contribution in [0.2, 0.25) is 0 Å². The highest BCUT2D eigenvalue weighted by Gasteiger charge is 2.34. The van der Waals surface area contributed by atoms with E-state index < -0.39 is 23.6 Å². The number of aliphatic hydroxyl groups is 1. The molecule has 0 radical (unpaired) electrons. The number of carboxylic acids is 1. The largest absolute Gasteiger partial charge is 0.491 e. The highest BCUT2D eigenvalue weighted by atomic mass is 16.6. The van der Waals surface area contributed by atoms with Crippen LogP contribution in [0.25, 0.3) is 0 Å². The molecule has 166 valence electrons. The summed E-state index contributed by atoms with van der Waals surface area (Å²) < 4.78 is 11.2. The van der Waals surface area contributed by atoms with Crippen LogP contribution in [0.15, 0.2) is 66.7 Å². The van der Waals surface area contributed by atoms with Crippen LogP contribution in [-0.2, 0) is 9.53 Å². The predicted octanol–water partition coefficient (Wildman–Crippen LogP) is 4.79. The number of carbonyl (C=O) groups is 2. The van der Waals surface area contributed by atoms with Crippen molar-refractivity contribution < 1.29 is 29.3 Å². The molecule has 7 heteroatoms. The Morgan fingerprint density at radius 1 is 1.10 bits per heavy atom. The summed E-state index contributed by atoms with van der Waals surface area (Å²) in [7, 11) is 0. The van der Waals surface area contributed by atoms with Crippen LogP contribution in [-0.4, -0.2) is 35.5 Å². The molecule has 0 aliphatic carbocycles. The van der Waals surface area contributed by atoms with E-state index in [1.807, 2.05) is 44.2 Å². The summed E-state index contributed by atoms with van der Waals surface area (Å²) in [6.07, 6.45) is 2.67. The molecule has 0 fully saturated rings. The first-order valence-electron chi connectivity index (χ1n) is 10.1. The van der Waals surface area contributed by atoms with Gasteiger partial charge in [0.05, 0.1) is 6.61 Å². The number of rotatable bonds is 11. The minimum atomic E-state index is -0.994. The SMILES string of the molecule is CC(C)(CC/C=C/C(=O)O)[C@@H](OC(=O)Nc1ccccc1)c1ccc(OCCO)cc1. The van der Waals surface area contributed by atoms with Crippen LogP contribution < -0.4 is 10.1 Å². The predicted molar refractivity (Wildman–Crippen MR) is 118 cm³/mol. The van der Waals surface area contributed by atoms with Gasteiger partial charge in [0.25, 0.3) is 0 Å². The van der Waals surface area contributed by atoms with Crippen molar-refractivity contribution in [2.24, 2.45) is 5.41 Å². The lowest BCUT2D eigenvalue weighted by atomic mass is 9.78. The van der Waals surface area contributed by atoms with Gasteiger partial charge in [-0.25, -0.2) is 9.59 Å². The van der Waals surface area contributed by atoms with Gasteiger partial charge in [-0.15, -0.1) is 0 Å². The zero-order chi connectivity index (χ0) is 22.7. The fraction of sp³-hybridized carbons (Fsp3) is 0.333. The first-order valence-corrected chi connectivity index (χ1v) is 10.1. The second-order valence-electron chi connectivity index (χ2n) is 7.69. The number of aliphatic hydroxyl groups excluding tert-OH is 1. The van der Waals surface area contributed by atoms with Gasteiger partial charge in [0, 0.05) is 17.2 Å². The number of allylic oxidation sites excluding steroid dienone is 1. The molecule has 1 atom stereocenters. The smallest absolute Gasteiger partial charge is 0.412 e. The maximum absolute atomic E-state index is 12.6. The van der Waals surface area contributed by atoms with Crippen molar-refractivity contribution in [1.29, 1.82) is 0 Å². The summed E-state index contributed by atoms with van der Waals surface area (Å²) in [5.41, 5.74) is 0.928. The molecule has 3 N–H and O–H groups in total. The number of benzene rings is 2. The molecule has 0 aliphatic rings. The van der Waals surface area contributed by atoms with Gasteiger partial charge in [0.2, 0.25) is 0 Å². The average Bonchev–Trinajstić information content (AvgIpc) is 2.74. The minimum Gasteiger partial charge on any atom is -0.491 e. The van der Waals surface area contributed by atoms with Crippen LogP contribution in [0.3, 0.4) is 0 Å². The number of carboxylic acid groups (broad SMARTS) is 1. The third-order valence-corrected chi connectivity index (χ3v) is 4.71. The van der Waals surface area contributed by atoms with Crippen molar-refractivity contribution in [3.8, 4) is 5.75 Å². The number of amides is 1. The van der Waals surface area contributed by atoms with E-state index in [1.165, 1.54) is 0 Å². The quantitative estimate of drug-likeness (QED) is 0.445. The van der Waals surface area contributed by atoms with Crippen LogP contribution in [0, 0.1) is 5.41 Å². The number of aliphatic carboxylic acids is 1. The van der Waals surface area contributed by atoms with Crippen LogP contribution >= 0.6 is 0 Å². The highest BCUT2D eigenvalue weighted by molar-refractivity contribution is 5.84. The molecule has 2 aromatic carbocycles. The van der Waals surface area contributed by atoms with E-state index >= 15 is 0 Å². The van der Waals surface area contributed by atoms with Crippen molar-refractivity contribution >= 4 is 17.7 Å². The molecular weight excluding hydrogens is 398 g/mol. The normalized spacial score (nSPS) is 12.4. The Morgan fingerprint density at radius 2 is 1.77 bits per heavy atom. The van der Waals surface area contributed by atoms with E-state index in [4.69, 9.17) is 19.7 Å². The molecule has 0 aliphatic heterocycles. The molecular formula is C24H29NO6. The lowest BCUT2D eigenvalue weighted by Gasteiger charge is -2.34. The first kappa shape index (κ1) is 24.0. The van der Waals surface area contributed by atoms with E-state index in [0.717, 1.165) is 11.6 Å². The maximum Gasteiger partial charge on any atom is 0.412 e. The number of para-hydroxylation sites is 1. The van der Waals surface area contributed by atoms with Crippen LogP contribution in [0.5, 0.6) is 5.75 Å². The van der Waals surface area contributed by atoms with Gasteiger partial charge in [0.15, 0.2) is 0 Å². The number of anilines is 1. The lowest BCUT2D eigenvalue weighted by Crippen LogP contribution is -2.29. The number of ether oxygens (including phenoxy) is 2. The van der Waals surface area contributed by atoms with Gasteiger partial charge in [-0.1, -0.05) is 50.3 Å². The van der Waals surface area contributed by atoms with E-state index in [-0.39, 0.29) is 13.2 Å². The first-order chi connectivity index (χ1) is 14.8. The number of carbonyl (C=O) groups excluding carboxylic acids is 1. The molecule has 0 bridgehead atoms. The van der Waals surface area contributed by atoms with E-state index in [0.29, 0.717) is 24.3 Å². The molecule has 0 spiro atoms. The second-order valence-corrected chi connectivity index (χ2v) is 7.69. The van der Waals surface area contributed by atoms with Crippen molar-refractivity contribution in [2.75, 3.05) is 18.5 Å². The molecule has 31 heavy (non-hydrogen) atoms. The third kappa shape index (κ3) is 8.14. The summed E-state index contributed by atoms with van der Waals surface area (Å²) in [4.78, 5) is 23.3. The minimum absolute atomic E-state index is 0.0793. The average molecular weight is 427 g/mol. The number of hydrogen-bond donors (Lipinski definition) is 3. The Morgan fingerprint density at radius 3 is 2.39 bits per heavy atom. The fourth-order valence-corrected chi connectivity index (χ4v) is 3.13. The van der Waals surface area contributed by atoms with Crippen molar-refractivity contribution in [2.45, 2.75) is 32.8 Å². The Hall–Kier alpha value is -3.32. The summed E-state index contributed by atoms with van der Waals surface area (Å²) in [5, 5.41) is 20.4. The van der Waals surface area contributed by atoms with Crippen molar-refractivity contribution in [1.82, 2.24) is 0 Å². The Labute approximate surface area is 182 Å². The molecule has 0 aromatic heterocycles. The topological polar surface area (TPSA) is 105 Å². The van der Waals surface area contributed by atoms with E-state index in [1.54, 1.807) is 30.3 Å². The zero-order valence-corrected chi connectivity index (χ0v) is 17.8. The monoisotopic (exact) mass is 427 g/mol. The molecule has 2 aromatic rings. The summed E-state index contributed by atoms with van der Waals surface area (Å²) in [6, 6.07) is 16.2. The summed E-state index contributed by atoms with van der Waals surface area (Å²) >= 11 is 0. The van der Waals surface area contributed by atoms with Crippen LogP contribution in [0.4, 0.5) is 10.5 Å². The molecule has 2 rings (SSSR count). The summed E-state index contributed by atoms with van der Waals surface area (Å²) in [5.74, 6) is -0.390. The fourth-order valence-electron chi connectivity index (χ4n) is 3.13. The summed E-state index contributed by atoms with van der Waals surface area (Å²) in [6.45, 7) is 4.06. The number of hydrogen-bond acceptors (Lipinski definition) is 5. The highest BCUT2D eigenvalue weighted by Crippen LogP contribution is 2.41. The Bertz CT molecular complexity index is 861. The second kappa shape index (κ2) is 11.8. The van der Waals surface area contributed by atoms with Gasteiger partial charge >= 0.3 is 12.1 Å². The van der Waals surface area contributed by atoms with Crippen molar-refractivity contribution in [3.63, 3.8) is 0 Å². The van der Waals surface area contributed by atoms with Gasteiger partial charge < -0.3 is 19.7 Å². The standard InChI is InChI=1S/C24H29NO6/c1-24(2,15-7-6-10-21(27)28)22(18-11-13-20(14-12-18)30-17-16-26)31-23(29)25-19-8-4-3-5-9-19/h3-6,8-14,22,26H,7,15-17H2,1-2H3,(H,25,29)(H,27,28)/b10-6+/t22-/m0/s1. The molecule has 0 heterocycles. The van der Waals surface area contributed by atoms with E-state index in [2.05, 4.69) is 5.32 Å². The van der Waals surface area contributed by atoms with Crippen LogP contribution in [0.1, 0.15) is 38.4 Å². The maximum atomic E-state index is 12.6. The third-order valence-electron chi connectivity index (χ3n) is 4.71. The van der Waals surface area contributed by atoms with Gasteiger partial charge in [0.1, 0.15) is 18.5 Å². The van der Waals surface area contributed by atoms with Gasteiger partial charge in [-0.2, -0.15) is 0 Å². The number of nitrogens with one attached hydrogen (secondary N) is 1. The van der Waals surface area contributed by atoms with Gasteiger partial charge in [-0.3, -0.25) is 5.32 Å². The zero-order valence-electron chi connectivity index (χ0n) is 17.8. The lowest BCUT2D eigenvalue weighted by molar-refractivity contribution is -0.131. The Kier molecular flexibility index (Phi) is 9.09. The molecule has 7 nitrogen and oxygen atoms in total. The molecule has 0 saturated carbocycles. The van der Waals surface area contributed by atoms with E-state index in [9.17, 15) is 9.59 Å². The van der Waals surface area contributed by atoms with Crippen molar-refractivity contribution in [3.05, 3.63) is 72.3 Å². The van der Waals surface area contributed by atoms with Gasteiger partial charge in [-0.05, 0) is 42.7 Å². The Balaban J connectivity index is 2.19.